The number of nitrogens with one attached hydrogen (secondary N) is 1. The Morgan fingerprint density at radius 1 is 1.19 bits per heavy atom. The summed E-state index contributed by atoms with van der Waals surface area (Å²) in [6.45, 7) is 1.98. The molecule has 0 fully saturated rings. The molecule has 0 radical (unpaired) electrons. The lowest BCUT2D eigenvalue weighted by atomic mass is 10.2. The molecular formula is C15H14N2O3S. The summed E-state index contributed by atoms with van der Waals surface area (Å²) >= 11 is 1.43. The van der Waals surface area contributed by atoms with Crippen molar-refractivity contribution >= 4 is 29.5 Å². The Bertz CT molecular complexity index is 673. The number of carboxylic acid groups (broad SMARTS) is 1. The van der Waals surface area contributed by atoms with Crippen molar-refractivity contribution in [2.75, 3.05) is 11.1 Å². The molecule has 1 aromatic heterocycles. The van der Waals surface area contributed by atoms with Crippen molar-refractivity contribution in [1.82, 2.24) is 4.98 Å². The molecular weight excluding hydrogens is 288 g/mol. The van der Waals surface area contributed by atoms with Crippen molar-refractivity contribution in [1.29, 1.82) is 0 Å². The maximum atomic E-state index is 11.9. The first-order valence-corrected chi connectivity index (χ1v) is 7.23. The molecule has 0 spiro atoms. The van der Waals surface area contributed by atoms with Gasteiger partial charge < -0.3 is 10.4 Å². The number of carbonyl (C=O) groups excluding carboxylic acids is 1. The first-order valence-electron chi connectivity index (χ1n) is 6.25. The number of anilines is 1. The number of hydrogen-bond donors (Lipinski definition) is 2. The van der Waals surface area contributed by atoms with Gasteiger partial charge in [0.25, 0.3) is 0 Å². The van der Waals surface area contributed by atoms with Crippen molar-refractivity contribution in [2.24, 2.45) is 0 Å². The number of aryl methyl sites for hydroxylation is 1. The average Bonchev–Trinajstić information content (AvgIpc) is 2.46. The number of carboxylic acids is 1. The highest BCUT2D eigenvalue weighted by Crippen LogP contribution is 2.21. The van der Waals surface area contributed by atoms with Gasteiger partial charge in [0, 0.05) is 4.90 Å². The second-order valence-corrected chi connectivity index (χ2v) is 5.33. The summed E-state index contributed by atoms with van der Waals surface area (Å²) in [6, 6.07) is 12.3. The molecule has 2 rings (SSSR count). The standard InChI is InChI=1S/C15H14N2O3S/c1-10-5-2-3-7-12(10)21-9-14(18)17-13-8-4-6-11(16-13)15(19)20/h2-8H,9H2,1H3,(H,19,20)(H,16,17,18). The Balaban J connectivity index is 1.95. The third kappa shape index (κ3) is 4.32. The van der Waals surface area contributed by atoms with E-state index in [-0.39, 0.29) is 23.2 Å². The average molecular weight is 302 g/mol. The van der Waals surface area contributed by atoms with Crippen LogP contribution in [0.25, 0.3) is 0 Å². The minimum Gasteiger partial charge on any atom is -0.477 e. The molecule has 108 valence electrons. The molecule has 2 aromatic rings. The van der Waals surface area contributed by atoms with Gasteiger partial charge in [0.1, 0.15) is 5.82 Å². The number of aromatic carboxylic acids is 1. The molecule has 1 aromatic carbocycles. The van der Waals surface area contributed by atoms with Crippen molar-refractivity contribution < 1.29 is 14.7 Å². The van der Waals surface area contributed by atoms with Gasteiger partial charge in [0.05, 0.1) is 5.75 Å². The summed E-state index contributed by atoms with van der Waals surface area (Å²) in [4.78, 5) is 27.6. The molecule has 1 heterocycles. The lowest BCUT2D eigenvalue weighted by molar-refractivity contribution is -0.113. The van der Waals surface area contributed by atoms with Gasteiger partial charge in [-0.1, -0.05) is 24.3 Å². The molecule has 0 aliphatic rings. The summed E-state index contributed by atoms with van der Waals surface area (Å²) in [7, 11) is 0. The number of amides is 1. The van der Waals surface area contributed by atoms with E-state index in [0.717, 1.165) is 10.5 Å². The number of benzene rings is 1. The van der Waals surface area contributed by atoms with Crippen LogP contribution in [0.1, 0.15) is 16.1 Å². The van der Waals surface area contributed by atoms with Crippen molar-refractivity contribution in [3.8, 4) is 0 Å². The Morgan fingerprint density at radius 2 is 1.95 bits per heavy atom. The van der Waals surface area contributed by atoms with Crippen LogP contribution in [0, 0.1) is 6.92 Å². The molecule has 0 aliphatic heterocycles. The van der Waals surface area contributed by atoms with Crippen LogP contribution in [0.3, 0.4) is 0 Å². The first-order chi connectivity index (χ1) is 10.1. The normalized spacial score (nSPS) is 10.1. The minimum atomic E-state index is -1.12. The summed E-state index contributed by atoms with van der Waals surface area (Å²) < 4.78 is 0. The number of hydrogen-bond acceptors (Lipinski definition) is 4. The molecule has 21 heavy (non-hydrogen) atoms. The van der Waals surface area contributed by atoms with Crippen LogP contribution >= 0.6 is 11.8 Å². The monoisotopic (exact) mass is 302 g/mol. The Kier molecular flexibility index (Phi) is 4.94. The van der Waals surface area contributed by atoms with Crippen LogP contribution in [0.2, 0.25) is 0 Å². The SMILES string of the molecule is Cc1ccccc1SCC(=O)Nc1cccc(C(=O)O)n1. The van der Waals surface area contributed by atoms with E-state index in [1.54, 1.807) is 12.1 Å². The summed E-state index contributed by atoms with van der Waals surface area (Å²) in [5.41, 5.74) is 1.01. The smallest absolute Gasteiger partial charge is 0.354 e. The van der Waals surface area contributed by atoms with Crippen LogP contribution in [-0.4, -0.2) is 27.7 Å². The van der Waals surface area contributed by atoms with Gasteiger partial charge in [-0.3, -0.25) is 4.79 Å². The number of pyridine rings is 1. The molecule has 5 nitrogen and oxygen atoms in total. The molecule has 0 saturated carbocycles. The zero-order valence-corrected chi connectivity index (χ0v) is 12.2. The maximum absolute atomic E-state index is 11.9. The fraction of sp³-hybridized carbons (Fsp3) is 0.133. The Hall–Kier alpha value is -2.34. The fourth-order valence-corrected chi connectivity index (χ4v) is 2.49. The van der Waals surface area contributed by atoms with Crippen molar-refractivity contribution in [2.45, 2.75) is 11.8 Å². The van der Waals surface area contributed by atoms with Crippen LogP contribution in [-0.2, 0) is 4.79 Å². The third-order valence-electron chi connectivity index (χ3n) is 2.69. The Labute approximate surface area is 126 Å². The zero-order chi connectivity index (χ0) is 15.2. The number of rotatable bonds is 5. The van der Waals surface area contributed by atoms with Gasteiger partial charge in [0.2, 0.25) is 5.91 Å². The van der Waals surface area contributed by atoms with Gasteiger partial charge in [-0.2, -0.15) is 0 Å². The second-order valence-electron chi connectivity index (χ2n) is 4.32. The molecule has 0 aliphatic carbocycles. The highest BCUT2D eigenvalue weighted by Gasteiger charge is 2.08. The van der Waals surface area contributed by atoms with Crippen molar-refractivity contribution in [3.05, 3.63) is 53.7 Å². The van der Waals surface area contributed by atoms with E-state index >= 15 is 0 Å². The number of nitrogens with zero attached hydrogens (tertiary/aromatic N) is 1. The lowest BCUT2D eigenvalue weighted by Gasteiger charge is -2.06. The molecule has 1 amide bonds. The predicted octanol–water partition coefficient (Wildman–Crippen LogP) is 2.82. The summed E-state index contributed by atoms with van der Waals surface area (Å²) in [6.07, 6.45) is 0. The highest BCUT2D eigenvalue weighted by molar-refractivity contribution is 8.00. The lowest BCUT2D eigenvalue weighted by Crippen LogP contribution is -2.16. The van der Waals surface area contributed by atoms with Crippen LogP contribution < -0.4 is 5.32 Å². The molecule has 0 atom stereocenters. The van der Waals surface area contributed by atoms with Gasteiger partial charge in [-0.25, -0.2) is 9.78 Å². The number of thioether (sulfide) groups is 1. The first kappa shape index (κ1) is 15.1. The molecule has 2 N–H and O–H groups in total. The summed E-state index contributed by atoms with van der Waals surface area (Å²) in [5, 5.41) is 11.4. The summed E-state index contributed by atoms with van der Waals surface area (Å²) in [5.74, 6) is -0.868. The number of carbonyl (C=O) groups is 2. The second kappa shape index (κ2) is 6.90. The van der Waals surface area contributed by atoms with Gasteiger partial charge in [-0.15, -0.1) is 11.8 Å². The van der Waals surface area contributed by atoms with E-state index in [0.29, 0.717) is 0 Å². The van der Waals surface area contributed by atoms with Gasteiger partial charge in [0.15, 0.2) is 5.69 Å². The number of aromatic nitrogens is 1. The Morgan fingerprint density at radius 3 is 2.67 bits per heavy atom. The quantitative estimate of drug-likeness (QED) is 0.830. The minimum absolute atomic E-state index is 0.0978. The third-order valence-corrected chi connectivity index (χ3v) is 3.86. The van der Waals surface area contributed by atoms with Crippen LogP contribution in [0.15, 0.2) is 47.4 Å². The molecule has 0 unspecified atom stereocenters. The van der Waals surface area contributed by atoms with Gasteiger partial charge in [-0.05, 0) is 30.7 Å². The van der Waals surface area contributed by atoms with Gasteiger partial charge >= 0.3 is 5.97 Å². The predicted molar refractivity (Wildman–Crippen MR) is 81.7 cm³/mol. The molecule has 6 heteroatoms. The van der Waals surface area contributed by atoms with Crippen molar-refractivity contribution in [3.63, 3.8) is 0 Å². The fourth-order valence-electron chi connectivity index (χ4n) is 1.66. The van der Waals surface area contributed by atoms with E-state index in [4.69, 9.17) is 5.11 Å². The molecule has 0 saturated heterocycles. The highest BCUT2D eigenvalue weighted by atomic mass is 32.2. The largest absolute Gasteiger partial charge is 0.477 e. The molecule has 0 bridgehead atoms. The van der Waals surface area contributed by atoms with E-state index < -0.39 is 5.97 Å². The van der Waals surface area contributed by atoms with Crippen LogP contribution in [0.4, 0.5) is 5.82 Å². The maximum Gasteiger partial charge on any atom is 0.354 e. The van der Waals surface area contributed by atoms with E-state index in [1.165, 1.54) is 17.8 Å². The van der Waals surface area contributed by atoms with E-state index in [9.17, 15) is 9.59 Å². The zero-order valence-electron chi connectivity index (χ0n) is 11.4. The van der Waals surface area contributed by atoms with E-state index in [1.807, 2.05) is 31.2 Å². The topological polar surface area (TPSA) is 79.3 Å². The van der Waals surface area contributed by atoms with E-state index in [2.05, 4.69) is 10.3 Å². The van der Waals surface area contributed by atoms with Crippen LogP contribution in [0.5, 0.6) is 0 Å².